The van der Waals surface area contributed by atoms with Crippen LogP contribution in [-0.2, 0) is 11.2 Å². The molecule has 1 aromatic rings. The van der Waals surface area contributed by atoms with Crippen molar-refractivity contribution < 1.29 is 14.4 Å². The Hall–Kier alpha value is -1.45. The highest BCUT2D eigenvalue weighted by molar-refractivity contribution is 5.89. The summed E-state index contributed by atoms with van der Waals surface area (Å²) in [5.41, 5.74) is 1.57. The molecule has 17 heavy (non-hydrogen) atoms. The number of nitrogens with zero attached hydrogens (tertiary/aromatic N) is 1. The monoisotopic (exact) mass is 239 g/mol. The lowest BCUT2D eigenvalue weighted by atomic mass is 10.1. The molecule has 1 aromatic heterocycles. The van der Waals surface area contributed by atoms with Gasteiger partial charge < -0.3 is 9.57 Å². The van der Waals surface area contributed by atoms with Gasteiger partial charge >= 0.3 is 5.97 Å². The van der Waals surface area contributed by atoms with Crippen LogP contribution < -0.4 is 4.84 Å². The van der Waals surface area contributed by atoms with E-state index in [0.717, 1.165) is 18.5 Å². The van der Waals surface area contributed by atoms with Crippen molar-refractivity contribution >= 4 is 5.97 Å². The van der Waals surface area contributed by atoms with Gasteiger partial charge in [-0.05, 0) is 25.8 Å². The fourth-order valence-electron chi connectivity index (χ4n) is 1.72. The van der Waals surface area contributed by atoms with Crippen molar-refractivity contribution in [3.8, 4) is 0 Å². The normalized spacial score (nSPS) is 10.3. The molecule has 0 aliphatic heterocycles. The van der Waals surface area contributed by atoms with Gasteiger partial charge in [0.2, 0.25) is 0 Å². The molecule has 0 saturated heterocycles. The summed E-state index contributed by atoms with van der Waals surface area (Å²) in [6.07, 6.45) is 6.06. The predicted molar refractivity (Wildman–Crippen MR) is 66.1 cm³/mol. The van der Waals surface area contributed by atoms with Gasteiger partial charge in [-0.1, -0.05) is 19.8 Å². The molecule has 0 radical (unpaired) electrons. The van der Waals surface area contributed by atoms with E-state index in [-0.39, 0.29) is 5.97 Å². The van der Waals surface area contributed by atoms with Crippen LogP contribution in [0.25, 0.3) is 0 Å². The number of hydrogen-bond donors (Lipinski definition) is 0. The van der Waals surface area contributed by atoms with E-state index in [1.54, 1.807) is 25.0 Å². The minimum atomic E-state index is -0.292. The Morgan fingerprint density at radius 1 is 1.35 bits per heavy atom. The number of carbonyl (C=O) groups excluding carboxylic acids is 1. The van der Waals surface area contributed by atoms with Crippen LogP contribution in [0.1, 0.15) is 49.2 Å². The van der Waals surface area contributed by atoms with Crippen LogP contribution in [0.4, 0.5) is 0 Å². The van der Waals surface area contributed by atoms with E-state index in [1.165, 1.54) is 12.8 Å². The summed E-state index contributed by atoms with van der Waals surface area (Å²) in [5.74, 6) is -0.292. The van der Waals surface area contributed by atoms with Crippen LogP contribution in [-0.4, -0.2) is 24.4 Å². The van der Waals surface area contributed by atoms with Crippen molar-refractivity contribution in [2.75, 3.05) is 13.7 Å². The lowest BCUT2D eigenvalue weighted by Gasteiger charge is -2.05. The fraction of sp³-hybridized carbons (Fsp3) is 0.615. The zero-order chi connectivity index (χ0) is 12.7. The highest BCUT2D eigenvalue weighted by Crippen LogP contribution is 2.12. The highest BCUT2D eigenvalue weighted by Gasteiger charge is 2.13. The molecular weight excluding hydrogens is 218 g/mol. The molecule has 0 amide bonds. The minimum absolute atomic E-state index is 0.292. The highest BCUT2D eigenvalue weighted by atomic mass is 16.6. The van der Waals surface area contributed by atoms with Crippen molar-refractivity contribution in [2.24, 2.45) is 0 Å². The van der Waals surface area contributed by atoms with Gasteiger partial charge in [-0.3, -0.25) is 0 Å². The number of aryl methyl sites for hydroxylation is 1. The van der Waals surface area contributed by atoms with E-state index in [2.05, 4.69) is 6.92 Å². The first-order valence-electron chi connectivity index (χ1n) is 6.15. The second-order valence-corrected chi connectivity index (χ2v) is 3.91. The van der Waals surface area contributed by atoms with E-state index in [1.807, 2.05) is 6.07 Å². The third-order valence-corrected chi connectivity index (χ3v) is 2.61. The number of esters is 1. The standard InChI is InChI=1S/C13H21NO3/c1-4-6-7-8-12-9-11(10-14(12)16-3)13(15)17-5-2/h9-10H,4-8H2,1-3H3. The average molecular weight is 239 g/mol. The van der Waals surface area contributed by atoms with Crippen LogP contribution >= 0.6 is 0 Å². The van der Waals surface area contributed by atoms with Gasteiger partial charge in [0.15, 0.2) is 0 Å². The smallest absolute Gasteiger partial charge is 0.339 e. The molecule has 1 heterocycles. The Morgan fingerprint density at radius 2 is 2.12 bits per heavy atom. The molecule has 0 bridgehead atoms. The van der Waals surface area contributed by atoms with Gasteiger partial charge in [0.1, 0.15) is 7.11 Å². The first-order chi connectivity index (χ1) is 8.22. The molecule has 0 aliphatic carbocycles. The second kappa shape index (κ2) is 6.99. The Kier molecular flexibility index (Phi) is 5.60. The number of ether oxygens (including phenoxy) is 1. The first kappa shape index (κ1) is 13.6. The minimum Gasteiger partial charge on any atom is -0.462 e. The molecule has 4 heteroatoms. The molecule has 0 aromatic carbocycles. The van der Waals surface area contributed by atoms with Gasteiger partial charge in [-0.25, -0.2) is 4.79 Å². The largest absolute Gasteiger partial charge is 0.462 e. The molecule has 1 rings (SSSR count). The number of hydrogen-bond acceptors (Lipinski definition) is 3. The number of aromatic nitrogens is 1. The van der Waals surface area contributed by atoms with Crippen LogP contribution in [0.2, 0.25) is 0 Å². The summed E-state index contributed by atoms with van der Waals surface area (Å²) in [6, 6.07) is 1.84. The SMILES string of the molecule is CCCCCc1cc(C(=O)OCC)cn1OC. The summed E-state index contributed by atoms with van der Waals surface area (Å²) < 4.78 is 6.60. The van der Waals surface area contributed by atoms with Gasteiger partial charge in [-0.15, -0.1) is 0 Å². The van der Waals surface area contributed by atoms with Gasteiger partial charge in [0.05, 0.1) is 24.1 Å². The van der Waals surface area contributed by atoms with E-state index in [9.17, 15) is 4.79 Å². The maximum atomic E-state index is 11.6. The molecule has 0 unspecified atom stereocenters. The van der Waals surface area contributed by atoms with Gasteiger partial charge in [-0.2, -0.15) is 4.73 Å². The van der Waals surface area contributed by atoms with Gasteiger partial charge in [0.25, 0.3) is 0 Å². The lowest BCUT2D eigenvalue weighted by molar-refractivity contribution is 0.0524. The third kappa shape index (κ3) is 3.80. The van der Waals surface area contributed by atoms with Crippen LogP contribution in [0.15, 0.2) is 12.3 Å². The molecule has 0 N–H and O–H groups in total. The molecule has 4 nitrogen and oxygen atoms in total. The number of unbranched alkanes of at least 4 members (excludes halogenated alkanes) is 2. The Bertz CT molecular complexity index is 358. The van der Waals surface area contributed by atoms with Crippen molar-refractivity contribution in [1.82, 2.24) is 4.73 Å². The second-order valence-electron chi connectivity index (χ2n) is 3.91. The topological polar surface area (TPSA) is 40.5 Å². The molecule has 0 atom stereocenters. The zero-order valence-electron chi connectivity index (χ0n) is 10.9. The van der Waals surface area contributed by atoms with Crippen molar-refractivity contribution in [3.63, 3.8) is 0 Å². The molecular formula is C13H21NO3. The van der Waals surface area contributed by atoms with Crippen molar-refractivity contribution in [2.45, 2.75) is 39.5 Å². The summed E-state index contributed by atoms with van der Waals surface area (Å²) in [6.45, 7) is 4.36. The maximum Gasteiger partial charge on any atom is 0.339 e. The number of rotatable bonds is 7. The van der Waals surface area contributed by atoms with E-state index in [0.29, 0.717) is 12.2 Å². The summed E-state index contributed by atoms with van der Waals surface area (Å²) in [4.78, 5) is 16.8. The van der Waals surface area contributed by atoms with Crippen LogP contribution in [0.3, 0.4) is 0 Å². The Morgan fingerprint density at radius 3 is 2.71 bits per heavy atom. The van der Waals surface area contributed by atoms with Gasteiger partial charge in [0, 0.05) is 0 Å². The fourth-order valence-corrected chi connectivity index (χ4v) is 1.72. The maximum absolute atomic E-state index is 11.6. The van der Waals surface area contributed by atoms with E-state index < -0.39 is 0 Å². The molecule has 0 aliphatic rings. The summed E-state index contributed by atoms with van der Waals surface area (Å²) in [7, 11) is 1.60. The molecule has 0 fully saturated rings. The summed E-state index contributed by atoms with van der Waals surface area (Å²) in [5, 5.41) is 0. The average Bonchev–Trinajstić information content (AvgIpc) is 2.73. The van der Waals surface area contributed by atoms with E-state index >= 15 is 0 Å². The van der Waals surface area contributed by atoms with Crippen molar-refractivity contribution in [1.29, 1.82) is 0 Å². The lowest BCUT2D eigenvalue weighted by Crippen LogP contribution is -2.08. The third-order valence-electron chi connectivity index (χ3n) is 2.61. The molecule has 0 spiro atoms. The first-order valence-corrected chi connectivity index (χ1v) is 6.15. The Balaban J connectivity index is 2.72. The molecule has 0 saturated carbocycles. The summed E-state index contributed by atoms with van der Waals surface area (Å²) >= 11 is 0. The quantitative estimate of drug-likeness (QED) is 0.542. The predicted octanol–water partition coefficient (Wildman–Crippen LogP) is 2.46. The van der Waals surface area contributed by atoms with E-state index in [4.69, 9.17) is 9.57 Å². The Labute approximate surface area is 102 Å². The van der Waals surface area contributed by atoms with Crippen LogP contribution in [0.5, 0.6) is 0 Å². The van der Waals surface area contributed by atoms with Crippen LogP contribution in [0, 0.1) is 0 Å². The number of carbonyl (C=O) groups is 1. The van der Waals surface area contributed by atoms with Crippen molar-refractivity contribution in [3.05, 3.63) is 23.5 Å². The zero-order valence-corrected chi connectivity index (χ0v) is 10.9. The molecule has 96 valence electrons.